The number of hydrogen-bond acceptors (Lipinski definition) is 4. The summed E-state index contributed by atoms with van der Waals surface area (Å²) in [7, 11) is 0. The molecule has 4 heteroatoms. The molecular formula is C17H21N3O. The number of aromatic nitrogens is 2. The van der Waals surface area contributed by atoms with E-state index >= 15 is 0 Å². The Morgan fingerprint density at radius 3 is 2.95 bits per heavy atom. The minimum absolute atomic E-state index is 0.736. The van der Waals surface area contributed by atoms with Gasteiger partial charge in [-0.25, -0.2) is 9.97 Å². The lowest BCUT2D eigenvalue weighted by Gasteiger charge is -2.25. The van der Waals surface area contributed by atoms with Crippen LogP contribution in [-0.2, 0) is 12.8 Å². The molecule has 0 amide bonds. The van der Waals surface area contributed by atoms with Crippen LogP contribution in [0.4, 0.5) is 0 Å². The molecule has 0 spiro atoms. The number of rotatable bonds is 4. The van der Waals surface area contributed by atoms with Crippen molar-refractivity contribution < 1.29 is 4.42 Å². The molecule has 21 heavy (non-hydrogen) atoms. The van der Waals surface area contributed by atoms with Crippen LogP contribution in [0.5, 0.6) is 0 Å². The van der Waals surface area contributed by atoms with E-state index in [0.29, 0.717) is 0 Å². The largest absolute Gasteiger partial charge is 0.472 e. The van der Waals surface area contributed by atoms with Gasteiger partial charge in [0, 0.05) is 17.4 Å². The molecule has 2 aliphatic carbocycles. The second-order valence-corrected chi connectivity index (χ2v) is 6.36. The highest BCUT2D eigenvalue weighted by Crippen LogP contribution is 2.29. The normalized spacial score (nSPS) is 21.3. The summed E-state index contributed by atoms with van der Waals surface area (Å²) in [4.78, 5) is 9.45. The first kappa shape index (κ1) is 13.0. The van der Waals surface area contributed by atoms with Gasteiger partial charge in [0.25, 0.3) is 0 Å². The zero-order chi connectivity index (χ0) is 14.2. The lowest BCUT2D eigenvalue weighted by atomic mass is 9.85. The SMILES string of the molecule is Cc1nc(-c2ccoc2)nc2c1CC(CNC1CC1)CC2. The van der Waals surface area contributed by atoms with Crippen molar-refractivity contribution in [3.63, 3.8) is 0 Å². The fourth-order valence-corrected chi connectivity index (χ4v) is 3.18. The Kier molecular flexibility index (Phi) is 3.26. The molecule has 0 saturated heterocycles. The van der Waals surface area contributed by atoms with Crippen LogP contribution in [0.15, 0.2) is 23.0 Å². The quantitative estimate of drug-likeness (QED) is 0.937. The zero-order valence-corrected chi connectivity index (χ0v) is 12.4. The van der Waals surface area contributed by atoms with Crippen molar-refractivity contribution in [3.05, 3.63) is 35.5 Å². The highest BCUT2D eigenvalue weighted by molar-refractivity contribution is 5.54. The zero-order valence-electron chi connectivity index (χ0n) is 12.4. The van der Waals surface area contributed by atoms with E-state index in [1.807, 2.05) is 6.07 Å². The molecule has 0 bridgehead atoms. The Hall–Kier alpha value is -1.68. The number of fused-ring (bicyclic) bond motifs is 1. The molecule has 0 aromatic carbocycles. The summed E-state index contributed by atoms with van der Waals surface area (Å²) in [6.45, 7) is 3.26. The number of aryl methyl sites for hydroxylation is 2. The average Bonchev–Trinajstić information content (AvgIpc) is 3.16. The smallest absolute Gasteiger partial charge is 0.162 e. The summed E-state index contributed by atoms with van der Waals surface area (Å²) in [6, 6.07) is 2.72. The lowest BCUT2D eigenvalue weighted by molar-refractivity contribution is 0.417. The van der Waals surface area contributed by atoms with E-state index in [1.54, 1.807) is 12.5 Å². The molecule has 1 atom stereocenters. The molecule has 2 aromatic rings. The molecule has 2 heterocycles. The average molecular weight is 283 g/mol. The van der Waals surface area contributed by atoms with Crippen molar-refractivity contribution >= 4 is 0 Å². The standard InChI is InChI=1S/C17H21N3O/c1-11-15-8-12(9-18-14-3-4-14)2-5-16(15)20-17(19-11)13-6-7-21-10-13/h6-7,10,12,14,18H,2-5,8-9H2,1H3. The van der Waals surface area contributed by atoms with Crippen LogP contribution in [-0.4, -0.2) is 22.6 Å². The third-order valence-corrected chi connectivity index (χ3v) is 4.63. The monoisotopic (exact) mass is 283 g/mol. The molecule has 0 radical (unpaired) electrons. The van der Waals surface area contributed by atoms with Gasteiger partial charge >= 0.3 is 0 Å². The van der Waals surface area contributed by atoms with Crippen LogP contribution in [0.25, 0.3) is 11.4 Å². The van der Waals surface area contributed by atoms with Crippen LogP contribution >= 0.6 is 0 Å². The lowest BCUT2D eigenvalue weighted by Crippen LogP contribution is -2.29. The molecule has 4 rings (SSSR count). The number of furan rings is 1. The van der Waals surface area contributed by atoms with Crippen LogP contribution in [0.2, 0.25) is 0 Å². The molecule has 1 fully saturated rings. The van der Waals surface area contributed by atoms with Gasteiger partial charge in [0.15, 0.2) is 5.82 Å². The molecule has 1 saturated carbocycles. The first-order valence-electron chi connectivity index (χ1n) is 7.92. The van der Waals surface area contributed by atoms with Gasteiger partial charge in [-0.1, -0.05) is 0 Å². The second-order valence-electron chi connectivity index (χ2n) is 6.36. The minimum Gasteiger partial charge on any atom is -0.472 e. The van der Waals surface area contributed by atoms with Gasteiger partial charge in [-0.3, -0.25) is 0 Å². The number of nitrogens with zero attached hydrogens (tertiary/aromatic N) is 2. The summed E-state index contributed by atoms with van der Waals surface area (Å²) in [5.41, 5.74) is 4.71. The first-order valence-corrected chi connectivity index (χ1v) is 7.92. The van der Waals surface area contributed by atoms with Crippen LogP contribution < -0.4 is 5.32 Å². The van der Waals surface area contributed by atoms with E-state index in [0.717, 1.165) is 48.4 Å². The molecular weight excluding hydrogens is 262 g/mol. The van der Waals surface area contributed by atoms with Crippen molar-refractivity contribution in [2.24, 2.45) is 5.92 Å². The Bertz CT molecular complexity index is 632. The highest BCUT2D eigenvalue weighted by Gasteiger charge is 2.26. The number of hydrogen-bond donors (Lipinski definition) is 1. The Morgan fingerprint density at radius 1 is 1.29 bits per heavy atom. The molecule has 4 nitrogen and oxygen atoms in total. The van der Waals surface area contributed by atoms with Gasteiger partial charge in [-0.05, 0) is 63.1 Å². The van der Waals surface area contributed by atoms with Crippen molar-refractivity contribution in [2.75, 3.05) is 6.54 Å². The van der Waals surface area contributed by atoms with Gasteiger partial charge in [0.2, 0.25) is 0 Å². The third-order valence-electron chi connectivity index (χ3n) is 4.63. The minimum atomic E-state index is 0.736. The van der Waals surface area contributed by atoms with Crippen molar-refractivity contribution in [1.29, 1.82) is 0 Å². The van der Waals surface area contributed by atoms with Gasteiger partial charge in [0.05, 0.1) is 11.8 Å². The van der Waals surface area contributed by atoms with E-state index < -0.39 is 0 Å². The molecule has 110 valence electrons. The summed E-state index contributed by atoms with van der Waals surface area (Å²) in [5, 5.41) is 3.66. The summed E-state index contributed by atoms with van der Waals surface area (Å²) < 4.78 is 5.14. The van der Waals surface area contributed by atoms with E-state index in [9.17, 15) is 0 Å². The van der Waals surface area contributed by atoms with Crippen LogP contribution in [0, 0.1) is 12.8 Å². The molecule has 0 aliphatic heterocycles. The van der Waals surface area contributed by atoms with E-state index in [-0.39, 0.29) is 0 Å². The molecule has 2 aromatic heterocycles. The van der Waals surface area contributed by atoms with E-state index in [1.165, 1.54) is 30.5 Å². The summed E-state index contributed by atoms with van der Waals surface area (Å²) in [6.07, 6.45) is 9.53. The van der Waals surface area contributed by atoms with Crippen molar-refractivity contribution in [1.82, 2.24) is 15.3 Å². The predicted octanol–water partition coefficient (Wildman–Crippen LogP) is 2.90. The molecule has 2 aliphatic rings. The van der Waals surface area contributed by atoms with E-state index in [2.05, 4.69) is 17.2 Å². The summed E-state index contributed by atoms with van der Waals surface area (Å²) >= 11 is 0. The van der Waals surface area contributed by atoms with Crippen molar-refractivity contribution in [3.8, 4) is 11.4 Å². The highest BCUT2D eigenvalue weighted by atomic mass is 16.3. The first-order chi connectivity index (χ1) is 10.3. The Morgan fingerprint density at radius 2 is 2.19 bits per heavy atom. The van der Waals surface area contributed by atoms with Gasteiger partial charge in [-0.15, -0.1) is 0 Å². The predicted molar refractivity (Wildman–Crippen MR) is 81.0 cm³/mol. The third kappa shape index (κ3) is 2.72. The Labute approximate surface area is 125 Å². The maximum Gasteiger partial charge on any atom is 0.162 e. The maximum absolute atomic E-state index is 5.14. The number of nitrogens with one attached hydrogen (secondary N) is 1. The topological polar surface area (TPSA) is 51.0 Å². The van der Waals surface area contributed by atoms with Gasteiger partial charge in [0.1, 0.15) is 6.26 Å². The summed E-state index contributed by atoms with van der Waals surface area (Å²) in [5.74, 6) is 1.54. The van der Waals surface area contributed by atoms with Crippen LogP contribution in [0.1, 0.15) is 36.2 Å². The van der Waals surface area contributed by atoms with Gasteiger partial charge < -0.3 is 9.73 Å². The van der Waals surface area contributed by atoms with E-state index in [4.69, 9.17) is 9.40 Å². The van der Waals surface area contributed by atoms with Crippen molar-refractivity contribution in [2.45, 2.75) is 45.1 Å². The molecule has 1 N–H and O–H groups in total. The molecule has 1 unspecified atom stereocenters. The Balaban J connectivity index is 1.54. The van der Waals surface area contributed by atoms with Crippen LogP contribution in [0.3, 0.4) is 0 Å². The fourth-order valence-electron chi connectivity index (χ4n) is 3.18. The fraction of sp³-hybridized carbons (Fsp3) is 0.529. The maximum atomic E-state index is 5.14. The van der Waals surface area contributed by atoms with Gasteiger partial charge in [-0.2, -0.15) is 0 Å². The second kappa shape index (κ2) is 5.26.